The molecule has 0 fully saturated rings. The van der Waals surface area contributed by atoms with Crippen molar-refractivity contribution in [1.82, 2.24) is 5.32 Å². The highest BCUT2D eigenvalue weighted by molar-refractivity contribution is 5.89. The molecule has 0 saturated carbocycles. The van der Waals surface area contributed by atoms with E-state index < -0.39 is 11.0 Å². The van der Waals surface area contributed by atoms with Gasteiger partial charge in [-0.2, -0.15) is 0 Å². The summed E-state index contributed by atoms with van der Waals surface area (Å²) >= 11 is 0. The van der Waals surface area contributed by atoms with Crippen molar-refractivity contribution in [3.8, 4) is 0 Å². The SMILES string of the molecule is Cc1ccc(CNC(=O)Nc2ccc(C)c([N+](=O)[O-])c2)cc1. The molecule has 0 aliphatic carbocycles. The monoisotopic (exact) mass is 299 g/mol. The van der Waals surface area contributed by atoms with Gasteiger partial charge in [0.15, 0.2) is 0 Å². The minimum absolute atomic E-state index is 0.0173. The Bertz CT molecular complexity index is 696. The van der Waals surface area contributed by atoms with E-state index in [-0.39, 0.29) is 5.69 Å². The number of hydrogen-bond acceptors (Lipinski definition) is 3. The molecule has 0 bridgehead atoms. The van der Waals surface area contributed by atoms with Crippen LogP contribution in [0.15, 0.2) is 42.5 Å². The van der Waals surface area contributed by atoms with Crippen molar-refractivity contribution in [2.24, 2.45) is 0 Å². The maximum absolute atomic E-state index is 11.8. The molecule has 0 radical (unpaired) electrons. The number of anilines is 1. The van der Waals surface area contributed by atoms with E-state index in [0.29, 0.717) is 17.8 Å². The molecule has 2 aromatic rings. The lowest BCUT2D eigenvalue weighted by Gasteiger charge is -2.08. The first-order valence-corrected chi connectivity index (χ1v) is 6.81. The highest BCUT2D eigenvalue weighted by Gasteiger charge is 2.12. The van der Waals surface area contributed by atoms with E-state index in [4.69, 9.17) is 0 Å². The van der Waals surface area contributed by atoms with Crippen LogP contribution in [0.3, 0.4) is 0 Å². The molecule has 0 atom stereocenters. The van der Waals surface area contributed by atoms with Gasteiger partial charge >= 0.3 is 6.03 Å². The minimum atomic E-state index is -0.468. The average molecular weight is 299 g/mol. The molecule has 6 heteroatoms. The van der Waals surface area contributed by atoms with E-state index in [0.717, 1.165) is 11.1 Å². The number of carbonyl (C=O) groups is 1. The summed E-state index contributed by atoms with van der Waals surface area (Å²) in [6.45, 7) is 4.04. The number of nitrogens with one attached hydrogen (secondary N) is 2. The molecule has 0 spiro atoms. The van der Waals surface area contributed by atoms with Gasteiger partial charge in [0.05, 0.1) is 4.92 Å². The first kappa shape index (κ1) is 15.5. The molecule has 0 aliphatic heterocycles. The Morgan fingerprint density at radius 3 is 2.45 bits per heavy atom. The van der Waals surface area contributed by atoms with E-state index in [9.17, 15) is 14.9 Å². The summed E-state index contributed by atoms with van der Waals surface area (Å²) < 4.78 is 0. The van der Waals surface area contributed by atoms with Crippen LogP contribution in [0.5, 0.6) is 0 Å². The second-order valence-electron chi connectivity index (χ2n) is 5.05. The number of benzene rings is 2. The first-order chi connectivity index (χ1) is 10.5. The summed E-state index contributed by atoms with van der Waals surface area (Å²) in [7, 11) is 0. The highest BCUT2D eigenvalue weighted by atomic mass is 16.6. The Kier molecular flexibility index (Phi) is 4.73. The number of carbonyl (C=O) groups excluding carboxylic acids is 1. The van der Waals surface area contributed by atoms with Gasteiger partial charge in [-0.15, -0.1) is 0 Å². The van der Waals surface area contributed by atoms with Crippen LogP contribution in [0.2, 0.25) is 0 Å². The lowest BCUT2D eigenvalue weighted by Crippen LogP contribution is -2.28. The van der Waals surface area contributed by atoms with E-state index >= 15 is 0 Å². The molecular weight excluding hydrogens is 282 g/mol. The fraction of sp³-hybridized carbons (Fsp3) is 0.188. The molecule has 0 unspecified atom stereocenters. The zero-order valence-electron chi connectivity index (χ0n) is 12.4. The lowest BCUT2D eigenvalue weighted by molar-refractivity contribution is -0.385. The van der Waals surface area contributed by atoms with Crippen molar-refractivity contribution >= 4 is 17.4 Å². The third-order valence-corrected chi connectivity index (χ3v) is 3.24. The maximum atomic E-state index is 11.8. The van der Waals surface area contributed by atoms with Crippen molar-refractivity contribution in [3.05, 3.63) is 69.3 Å². The molecule has 114 valence electrons. The second-order valence-corrected chi connectivity index (χ2v) is 5.05. The zero-order valence-corrected chi connectivity index (χ0v) is 12.4. The van der Waals surface area contributed by atoms with Gasteiger partial charge in [-0.05, 0) is 25.5 Å². The molecule has 2 N–H and O–H groups in total. The van der Waals surface area contributed by atoms with Crippen molar-refractivity contribution in [2.45, 2.75) is 20.4 Å². The first-order valence-electron chi connectivity index (χ1n) is 6.81. The largest absolute Gasteiger partial charge is 0.334 e. The molecule has 0 heterocycles. The number of hydrogen-bond donors (Lipinski definition) is 2. The van der Waals surface area contributed by atoms with Gasteiger partial charge in [-0.1, -0.05) is 35.9 Å². The van der Waals surface area contributed by atoms with Crippen molar-refractivity contribution in [3.63, 3.8) is 0 Å². The van der Waals surface area contributed by atoms with E-state index in [2.05, 4.69) is 10.6 Å². The number of amides is 2. The summed E-state index contributed by atoms with van der Waals surface area (Å²) in [5.41, 5.74) is 3.06. The number of aryl methyl sites for hydroxylation is 2. The molecule has 0 aliphatic rings. The van der Waals surface area contributed by atoms with E-state index in [1.165, 1.54) is 6.07 Å². The standard InChI is InChI=1S/C16H17N3O3/c1-11-3-6-13(7-4-11)10-17-16(20)18-14-8-5-12(2)15(9-14)19(21)22/h3-9H,10H2,1-2H3,(H2,17,18,20). The van der Waals surface area contributed by atoms with Crippen LogP contribution < -0.4 is 10.6 Å². The Morgan fingerprint density at radius 1 is 1.14 bits per heavy atom. The van der Waals surface area contributed by atoms with Gasteiger partial charge in [-0.25, -0.2) is 4.79 Å². The second kappa shape index (κ2) is 6.71. The van der Waals surface area contributed by atoms with Crippen molar-refractivity contribution in [1.29, 1.82) is 0 Å². The van der Waals surface area contributed by atoms with Gasteiger partial charge in [0.2, 0.25) is 0 Å². The van der Waals surface area contributed by atoms with E-state index in [1.54, 1.807) is 19.1 Å². The summed E-state index contributed by atoms with van der Waals surface area (Å²) in [6.07, 6.45) is 0. The third kappa shape index (κ3) is 4.05. The van der Waals surface area contributed by atoms with Gasteiger partial charge in [0, 0.05) is 23.9 Å². The van der Waals surface area contributed by atoms with Crippen LogP contribution >= 0.6 is 0 Å². The van der Waals surface area contributed by atoms with Crippen LogP contribution in [0.4, 0.5) is 16.2 Å². The number of urea groups is 1. The van der Waals surface area contributed by atoms with Crippen LogP contribution in [-0.4, -0.2) is 11.0 Å². The molecule has 2 aromatic carbocycles. The average Bonchev–Trinajstić information content (AvgIpc) is 2.48. The molecule has 0 aromatic heterocycles. The number of rotatable bonds is 4. The fourth-order valence-electron chi connectivity index (χ4n) is 1.95. The molecular formula is C16H17N3O3. The van der Waals surface area contributed by atoms with Crippen LogP contribution in [0, 0.1) is 24.0 Å². The van der Waals surface area contributed by atoms with Crippen LogP contribution in [-0.2, 0) is 6.54 Å². The van der Waals surface area contributed by atoms with Crippen molar-refractivity contribution < 1.29 is 9.72 Å². The Labute approximate surface area is 128 Å². The molecule has 0 saturated heterocycles. The van der Waals surface area contributed by atoms with Crippen LogP contribution in [0.1, 0.15) is 16.7 Å². The quantitative estimate of drug-likeness (QED) is 0.669. The lowest BCUT2D eigenvalue weighted by atomic mass is 10.1. The van der Waals surface area contributed by atoms with Gasteiger partial charge in [0.25, 0.3) is 5.69 Å². The predicted octanol–water partition coefficient (Wildman–Crippen LogP) is 3.53. The molecule has 22 heavy (non-hydrogen) atoms. The van der Waals surface area contributed by atoms with Crippen LogP contribution in [0.25, 0.3) is 0 Å². The predicted molar refractivity (Wildman–Crippen MR) is 84.9 cm³/mol. The maximum Gasteiger partial charge on any atom is 0.319 e. The Balaban J connectivity index is 1.96. The molecule has 2 rings (SSSR count). The smallest absolute Gasteiger partial charge is 0.319 e. The zero-order chi connectivity index (χ0) is 16.1. The number of nitro groups is 1. The van der Waals surface area contributed by atoms with Gasteiger partial charge in [-0.3, -0.25) is 10.1 Å². The molecule has 6 nitrogen and oxygen atoms in total. The normalized spacial score (nSPS) is 10.1. The molecule has 2 amide bonds. The summed E-state index contributed by atoms with van der Waals surface area (Å²) in [5.74, 6) is 0. The van der Waals surface area contributed by atoms with Crippen molar-refractivity contribution in [2.75, 3.05) is 5.32 Å². The Morgan fingerprint density at radius 2 is 1.82 bits per heavy atom. The summed E-state index contributed by atoms with van der Waals surface area (Å²) in [6, 6.07) is 12.0. The third-order valence-electron chi connectivity index (χ3n) is 3.24. The minimum Gasteiger partial charge on any atom is -0.334 e. The number of nitro benzene ring substituents is 1. The Hall–Kier alpha value is -2.89. The summed E-state index contributed by atoms with van der Waals surface area (Å²) in [5, 5.41) is 16.2. The van der Waals surface area contributed by atoms with Gasteiger partial charge < -0.3 is 10.6 Å². The fourth-order valence-corrected chi connectivity index (χ4v) is 1.95. The van der Waals surface area contributed by atoms with E-state index in [1.807, 2.05) is 31.2 Å². The summed E-state index contributed by atoms with van der Waals surface area (Å²) in [4.78, 5) is 22.2. The number of nitrogens with zero attached hydrogens (tertiary/aromatic N) is 1. The van der Waals surface area contributed by atoms with Gasteiger partial charge in [0.1, 0.15) is 0 Å². The highest BCUT2D eigenvalue weighted by Crippen LogP contribution is 2.22. The topological polar surface area (TPSA) is 84.3 Å².